The minimum absolute atomic E-state index is 0.326. The van der Waals surface area contributed by atoms with E-state index in [-0.39, 0.29) is 5.97 Å². The number of methoxy groups -OCH3 is 1. The topological polar surface area (TPSA) is 41.6 Å². The summed E-state index contributed by atoms with van der Waals surface area (Å²) in [5, 5.41) is 4.76. The largest absolute Gasteiger partial charge is 0.465 e. The molecular weight excluding hydrogens is 340 g/mol. The van der Waals surface area contributed by atoms with Gasteiger partial charge in [0.25, 0.3) is 0 Å². The predicted octanol–water partition coefficient (Wildman–Crippen LogP) is 5.22. The molecule has 0 aliphatic rings. The second kappa shape index (κ2) is 11.4. The first-order valence-corrected chi connectivity index (χ1v) is 10.0. The number of unbranched alkanes of at least 4 members (excludes halogenated alkanes) is 4. The highest BCUT2D eigenvalue weighted by atomic mass is 32.1. The fourth-order valence-electron chi connectivity index (χ4n) is 2.47. The monoisotopic (exact) mass is 370 g/mol. The van der Waals surface area contributed by atoms with Crippen molar-refractivity contribution in [2.45, 2.75) is 59.3 Å². The summed E-state index contributed by atoms with van der Waals surface area (Å²) in [5.74, 6) is -0.326. The van der Waals surface area contributed by atoms with Crippen LogP contribution in [0.4, 0.5) is 5.00 Å². The van der Waals surface area contributed by atoms with Crippen LogP contribution in [0.5, 0.6) is 0 Å². The van der Waals surface area contributed by atoms with E-state index in [2.05, 4.69) is 24.1 Å². The van der Waals surface area contributed by atoms with Gasteiger partial charge in [0.1, 0.15) is 5.00 Å². The summed E-state index contributed by atoms with van der Waals surface area (Å²) in [5.41, 5.74) is 0.560. The van der Waals surface area contributed by atoms with Crippen LogP contribution in [0.2, 0.25) is 0 Å². The lowest BCUT2D eigenvalue weighted by Gasteiger charge is -2.26. The van der Waals surface area contributed by atoms with E-state index in [4.69, 9.17) is 17.0 Å². The Hall–Kier alpha value is -1.14. The number of esters is 1. The van der Waals surface area contributed by atoms with E-state index in [1.807, 2.05) is 13.0 Å². The Kier molecular flexibility index (Phi) is 9.95. The predicted molar refractivity (Wildman–Crippen MR) is 107 cm³/mol. The third kappa shape index (κ3) is 6.77. The summed E-state index contributed by atoms with van der Waals surface area (Å²) in [4.78, 5) is 15.2. The van der Waals surface area contributed by atoms with E-state index in [0.29, 0.717) is 10.7 Å². The van der Waals surface area contributed by atoms with Crippen LogP contribution in [0.25, 0.3) is 0 Å². The van der Waals surface area contributed by atoms with E-state index in [0.717, 1.165) is 35.8 Å². The van der Waals surface area contributed by atoms with Crippen molar-refractivity contribution in [1.82, 2.24) is 4.90 Å². The molecule has 0 fully saturated rings. The number of thiocarbonyl (C=S) groups is 1. The summed E-state index contributed by atoms with van der Waals surface area (Å²) in [6.45, 7) is 8.30. The number of rotatable bonds is 10. The second-order valence-electron chi connectivity index (χ2n) is 5.92. The molecule has 1 aromatic heterocycles. The Labute approximate surface area is 155 Å². The first-order chi connectivity index (χ1) is 11.5. The Morgan fingerprint density at radius 3 is 2.29 bits per heavy atom. The molecular formula is C18H30N2O2S2. The molecule has 0 atom stereocenters. The molecule has 6 heteroatoms. The maximum Gasteiger partial charge on any atom is 0.340 e. The molecule has 0 aliphatic carbocycles. The number of nitrogens with one attached hydrogen (secondary N) is 1. The van der Waals surface area contributed by atoms with Gasteiger partial charge in [-0.15, -0.1) is 11.3 Å². The maximum atomic E-state index is 11.9. The van der Waals surface area contributed by atoms with Crippen molar-refractivity contribution in [3.05, 3.63) is 16.5 Å². The van der Waals surface area contributed by atoms with Crippen LogP contribution in [0.1, 0.15) is 67.6 Å². The average Bonchev–Trinajstić information content (AvgIpc) is 2.93. The summed E-state index contributed by atoms with van der Waals surface area (Å²) in [6.07, 6.45) is 7.07. The molecule has 24 heavy (non-hydrogen) atoms. The van der Waals surface area contributed by atoms with Crippen molar-refractivity contribution >= 4 is 39.6 Å². The highest BCUT2D eigenvalue weighted by Crippen LogP contribution is 2.28. The van der Waals surface area contributed by atoms with E-state index in [9.17, 15) is 4.79 Å². The molecule has 1 aromatic rings. The van der Waals surface area contributed by atoms with Crippen LogP contribution in [0.15, 0.2) is 6.07 Å². The van der Waals surface area contributed by atoms with Crippen molar-refractivity contribution in [3.63, 3.8) is 0 Å². The van der Waals surface area contributed by atoms with Gasteiger partial charge in [0, 0.05) is 18.0 Å². The van der Waals surface area contributed by atoms with Gasteiger partial charge in [0.05, 0.1) is 12.7 Å². The molecule has 4 nitrogen and oxygen atoms in total. The van der Waals surface area contributed by atoms with Crippen molar-refractivity contribution in [2.24, 2.45) is 0 Å². The first-order valence-electron chi connectivity index (χ1n) is 8.78. The third-order valence-corrected chi connectivity index (χ3v) is 5.16. The third-order valence-electron chi connectivity index (χ3n) is 3.83. The van der Waals surface area contributed by atoms with Crippen LogP contribution >= 0.6 is 23.6 Å². The molecule has 0 saturated heterocycles. The zero-order valence-electron chi connectivity index (χ0n) is 15.3. The van der Waals surface area contributed by atoms with E-state index < -0.39 is 0 Å². The standard InChI is InChI=1S/C18H30N2O2S2/c1-5-7-9-11-20(12-10-8-6-2)18(23)19-16-15(17(21)22-4)13-14(3)24-16/h13H,5-12H2,1-4H3,(H,19,23). The van der Waals surface area contributed by atoms with Gasteiger partial charge in [0.2, 0.25) is 0 Å². The molecule has 0 amide bonds. The van der Waals surface area contributed by atoms with Gasteiger partial charge in [-0.25, -0.2) is 4.79 Å². The summed E-state index contributed by atoms with van der Waals surface area (Å²) in [6, 6.07) is 1.85. The van der Waals surface area contributed by atoms with Gasteiger partial charge >= 0.3 is 5.97 Å². The van der Waals surface area contributed by atoms with E-state index in [1.54, 1.807) is 0 Å². The van der Waals surface area contributed by atoms with Gasteiger partial charge < -0.3 is 15.0 Å². The second-order valence-corrected chi connectivity index (χ2v) is 7.57. The van der Waals surface area contributed by atoms with Gasteiger partial charge in [-0.3, -0.25) is 0 Å². The zero-order chi connectivity index (χ0) is 17.9. The fraction of sp³-hybridized carbons (Fsp3) is 0.667. The minimum Gasteiger partial charge on any atom is -0.465 e. The zero-order valence-corrected chi connectivity index (χ0v) is 16.9. The van der Waals surface area contributed by atoms with E-state index >= 15 is 0 Å². The lowest BCUT2D eigenvalue weighted by molar-refractivity contribution is 0.0602. The van der Waals surface area contributed by atoms with Crippen molar-refractivity contribution in [2.75, 3.05) is 25.5 Å². The van der Waals surface area contributed by atoms with E-state index in [1.165, 1.54) is 44.1 Å². The molecule has 0 bridgehead atoms. The fourth-order valence-corrected chi connectivity index (χ4v) is 3.71. The van der Waals surface area contributed by atoms with Crippen LogP contribution in [0, 0.1) is 6.92 Å². The van der Waals surface area contributed by atoms with Crippen LogP contribution in [-0.2, 0) is 4.74 Å². The molecule has 0 unspecified atom stereocenters. The highest BCUT2D eigenvalue weighted by Gasteiger charge is 2.18. The summed E-state index contributed by atoms with van der Waals surface area (Å²) >= 11 is 7.15. The SMILES string of the molecule is CCCCCN(CCCCC)C(=S)Nc1sc(C)cc1C(=O)OC. The van der Waals surface area contributed by atoms with Crippen molar-refractivity contribution < 1.29 is 9.53 Å². The Bertz CT molecular complexity index is 519. The van der Waals surface area contributed by atoms with Crippen molar-refractivity contribution in [3.8, 4) is 0 Å². The molecule has 1 N–H and O–H groups in total. The number of aryl methyl sites for hydroxylation is 1. The number of carbonyl (C=O) groups excluding carboxylic acids is 1. The van der Waals surface area contributed by atoms with Crippen LogP contribution < -0.4 is 5.32 Å². The number of carbonyl (C=O) groups is 1. The molecule has 1 rings (SSSR count). The summed E-state index contributed by atoms with van der Waals surface area (Å²) in [7, 11) is 1.40. The lowest BCUT2D eigenvalue weighted by atomic mass is 10.2. The number of ether oxygens (including phenoxy) is 1. The number of nitrogens with zero attached hydrogens (tertiary/aromatic N) is 1. The smallest absolute Gasteiger partial charge is 0.340 e. The molecule has 0 aromatic carbocycles. The Balaban J connectivity index is 2.77. The van der Waals surface area contributed by atoms with Gasteiger partial charge in [-0.1, -0.05) is 39.5 Å². The number of anilines is 1. The number of hydrogen-bond acceptors (Lipinski definition) is 4. The normalized spacial score (nSPS) is 10.5. The van der Waals surface area contributed by atoms with Gasteiger partial charge in [0.15, 0.2) is 5.11 Å². The molecule has 0 aliphatic heterocycles. The lowest BCUT2D eigenvalue weighted by Crippen LogP contribution is -2.36. The molecule has 1 heterocycles. The van der Waals surface area contributed by atoms with Crippen LogP contribution in [-0.4, -0.2) is 36.2 Å². The average molecular weight is 371 g/mol. The Morgan fingerprint density at radius 2 is 1.79 bits per heavy atom. The van der Waals surface area contributed by atoms with Gasteiger partial charge in [-0.05, 0) is 38.0 Å². The molecule has 0 radical (unpaired) electrons. The first kappa shape index (κ1) is 20.9. The van der Waals surface area contributed by atoms with Crippen molar-refractivity contribution in [1.29, 1.82) is 0 Å². The minimum atomic E-state index is -0.326. The molecule has 0 saturated carbocycles. The molecule has 0 spiro atoms. The number of hydrogen-bond donors (Lipinski definition) is 1. The maximum absolute atomic E-state index is 11.9. The summed E-state index contributed by atoms with van der Waals surface area (Å²) < 4.78 is 4.86. The van der Waals surface area contributed by atoms with Gasteiger partial charge in [-0.2, -0.15) is 0 Å². The Morgan fingerprint density at radius 1 is 1.21 bits per heavy atom. The van der Waals surface area contributed by atoms with Crippen LogP contribution in [0.3, 0.4) is 0 Å². The highest BCUT2D eigenvalue weighted by molar-refractivity contribution is 7.80. The number of thiophene rings is 1. The quantitative estimate of drug-likeness (QED) is 0.347. The molecule has 136 valence electrons.